The number of hydrogen-bond donors (Lipinski definition) is 2. The zero-order valence-corrected chi connectivity index (χ0v) is 15.1. The number of benzene rings is 1. The van der Waals surface area contributed by atoms with Crippen LogP contribution in [0.3, 0.4) is 0 Å². The van der Waals surface area contributed by atoms with Crippen LogP contribution in [-0.4, -0.2) is 43.4 Å². The fourth-order valence-electron chi connectivity index (χ4n) is 4.22. The predicted molar refractivity (Wildman–Crippen MR) is 90.6 cm³/mol. The molecular formula is C17H22N2O5S. The molecule has 1 saturated carbocycles. The van der Waals surface area contributed by atoms with E-state index in [4.69, 9.17) is 5.14 Å². The molecule has 136 valence electrons. The number of primary sulfonamides is 1. The van der Waals surface area contributed by atoms with Gasteiger partial charge in [0.15, 0.2) is 0 Å². The highest BCUT2D eigenvalue weighted by Crippen LogP contribution is 2.49. The van der Waals surface area contributed by atoms with Gasteiger partial charge in [0.25, 0.3) is 5.91 Å². The van der Waals surface area contributed by atoms with Crippen LogP contribution in [0.25, 0.3) is 0 Å². The molecule has 2 fully saturated rings. The number of nitrogens with zero attached hydrogens (tertiary/aromatic N) is 1. The Labute approximate surface area is 146 Å². The summed E-state index contributed by atoms with van der Waals surface area (Å²) in [5.74, 6) is -1.24. The van der Waals surface area contributed by atoms with E-state index < -0.39 is 21.4 Å². The monoisotopic (exact) mass is 366 g/mol. The normalized spacial score (nSPS) is 25.9. The molecule has 0 bridgehead atoms. The summed E-state index contributed by atoms with van der Waals surface area (Å²) in [7, 11) is -3.94. The minimum Gasteiger partial charge on any atom is -0.481 e. The molecule has 7 nitrogen and oxygen atoms in total. The summed E-state index contributed by atoms with van der Waals surface area (Å²) in [6, 6.07) is 2.93. The van der Waals surface area contributed by atoms with Gasteiger partial charge in [-0.2, -0.15) is 0 Å². The van der Waals surface area contributed by atoms with E-state index in [1.807, 2.05) is 0 Å². The third kappa shape index (κ3) is 2.83. The molecular weight excluding hydrogens is 344 g/mol. The highest BCUT2D eigenvalue weighted by Gasteiger charge is 2.55. The van der Waals surface area contributed by atoms with Crippen molar-refractivity contribution in [2.24, 2.45) is 16.5 Å². The molecule has 8 heteroatoms. The van der Waals surface area contributed by atoms with Gasteiger partial charge in [0.05, 0.1) is 10.3 Å². The highest BCUT2D eigenvalue weighted by molar-refractivity contribution is 7.89. The average Bonchev–Trinajstić information content (AvgIpc) is 3.05. The number of likely N-dealkylation sites (tertiary alicyclic amines) is 1. The molecule has 2 aliphatic rings. The lowest BCUT2D eigenvalue weighted by Gasteiger charge is -2.23. The number of carbonyl (C=O) groups excluding carboxylic acids is 1. The van der Waals surface area contributed by atoms with Crippen LogP contribution < -0.4 is 5.14 Å². The highest BCUT2D eigenvalue weighted by atomic mass is 32.2. The molecule has 1 heterocycles. The van der Waals surface area contributed by atoms with Crippen LogP contribution >= 0.6 is 0 Å². The van der Waals surface area contributed by atoms with Crippen molar-refractivity contribution in [3.63, 3.8) is 0 Å². The van der Waals surface area contributed by atoms with E-state index in [2.05, 4.69) is 0 Å². The van der Waals surface area contributed by atoms with Crippen molar-refractivity contribution in [2.75, 3.05) is 13.1 Å². The number of carboxylic acid groups (broad SMARTS) is 1. The first kappa shape index (κ1) is 17.9. The van der Waals surface area contributed by atoms with Gasteiger partial charge in [-0.05, 0) is 55.9 Å². The topological polar surface area (TPSA) is 118 Å². The summed E-state index contributed by atoms with van der Waals surface area (Å²) in [6.07, 6.45) is 2.23. The average molecular weight is 366 g/mol. The lowest BCUT2D eigenvalue weighted by molar-refractivity contribution is -0.149. The molecule has 1 aliphatic heterocycles. The van der Waals surface area contributed by atoms with E-state index >= 15 is 0 Å². The largest absolute Gasteiger partial charge is 0.481 e. The molecule has 25 heavy (non-hydrogen) atoms. The van der Waals surface area contributed by atoms with Crippen LogP contribution in [-0.2, 0) is 14.8 Å². The number of rotatable bonds is 3. The SMILES string of the molecule is Cc1cc(C(=O)N2C[C@@H]3CCC[C@@]3(C(=O)O)C2)cc(S(N)(=O)=O)c1C. The maximum Gasteiger partial charge on any atom is 0.311 e. The Balaban J connectivity index is 1.95. The van der Waals surface area contributed by atoms with Gasteiger partial charge in [-0.15, -0.1) is 0 Å². The minimum absolute atomic E-state index is 0.0433. The minimum atomic E-state index is -3.94. The van der Waals surface area contributed by atoms with Crippen LogP contribution in [0, 0.1) is 25.2 Å². The molecule has 0 spiro atoms. The van der Waals surface area contributed by atoms with E-state index in [1.54, 1.807) is 19.9 Å². The van der Waals surface area contributed by atoms with Crippen LogP contribution in [0.4, 0.5) is 0 Å². The summed E-state index contributed by atoms with van der Waals surface area (Å²) < 4.78 is 23.6. The smallest absolute Gasteiger partial charge is 0.311 e. The molecule has 0 unspecified atom stereocenters. The Morgan fingerprint density at radius 3 is 2.56 bits per heavy atom. The van der Waals surface area contributed by atoms with E-state index in [0.29, 0.717) is 24.1 Å². The number of nitrogens with two attached hydrogens (primary N) is 1. The van der Waals surface area contributed by atoms with Crippen LogP contribution in [0.1, 0.15) is 40.7 Å². The lowest BCUT2D eigenvalue weighted by Crippen LogP contribution is -2.37. The van der Waals surface area contributed by atoms with Crippen molar-refractivity contribution in [1.29, 1.82) is 0 Å². The van der Waals surface area contributed by atoms with E-state index in [0.717, 1.165) is 12.8 Å². The van der Waals surface area contributed by atoms with Crippen molar-refractivity contribution in [3.8, 4) is 0 Å². The molecule has 2 atom stereocenters. The van der Waals surface area contributed by atoms with Gasteiger partial charge >= 0.3 is 5.97 Å². The number of carboxylic acids is 1. The predicted octanol–water partition coefficient (Wildman–Crippen LogP) is 1.28. The summed E-state index contributed by atoms with van der Waals surface area (Å²) in [6.45, 7) is 3.92. The maximum atomic E-state index is 12.9. The first-order valence-corrected chi connectivity index (χ1v) is 9.77. The van der Waals surface area contributed by atoms with Crippen molar-refractivity contribution in [3.05, 3.63) is 28.8 Å². The number of aryl methyl sites for hydroxylation is 1. The number of carbonyl (C=O) groups is 2. The van der Waals surface area contributed by atoms with E-state index in [-0.39, 0.29) is 28.8 Å². The number of amides is 1. The standard InChI is InChI=1S/C17H22N2O5S/c1-10-6-12(7-14(11(10)2)25(18,23)24)15(20)19-8-13-4-3-5-17(13,9-19)16(21)22/h6-7,13H,3-5,8-9H2,1-2H3,(H,21,22)(H2,18,23,24)/t13-,17+/m0/s1. The quantitative estimate of drug-likeness (QED) is 0.835. The first-order chi connectivity index (χ1) is 11.6. The molecule has 1 aromatic rings. The van der Waals surface area contributed by atoms with Gasteiger partial charge in [0.2, 0.25) is 10.0 Å². The fourth-order valence-corrected chi connectivity index (χ4v) is 5.10. The van der Waals surface area contributed by atoms with Crippen molar-refractivity contribution < 1.29 is 23.1 Å². The Morgan fingerprint density at radius 2 is 2.00 bits per heavy atom. The number of sulfonamides is 1. The summed E-state index contributed by atoms with van der Waals surface area (Å²) in [5.41, 5.74) is 0.534. The zero-order valence-electron chi connectivity index (χ0n) is 14.3. The first-order valence-electron chi connectivity index (χ1n) is 8.23. The van der Waals surface area contributed by atoms with E-state index in [9.17, 15) is 23.1 Å². The third-order valence-electron chi connectivity index (χ3n) is 5.76. The molecule has 0 aromatic heterocycles. The molecule has 1 aromatic carbocycles. The van der Waals surface area contributed by atoms with Crippen LogP contribution in [0.2, 0.25) is 0 Å². The molecule has 1 aliphatic carbocycles. The van der Waals surface area contributed by atoms with Crippen molar-refractivity contribution >= 4 is 21.9 Å². The van der Waals surface area contributed by atoms with Crippen molar-refractivity contribution in [2.45, 2.75) is 38.0 Å². The fraction of sp³-hybridized carbons (Fsp3) is 0.529. The van der Waals surface area contributed by atoms with Crippen LogP contribution in [0.5, 0.6) is 0 Å². The Hall–Kier alpha value is -1.93. The lowest BCUT2D eigenvalue weighted by atomic mass is 9.81. The zero-order chi connectivity index (χ0) is 18.6. The summed E-state index contributed by atoms with van der Waals surface area (Å²) >= 11 is 0. The molecule has 1 saturated heterocycles. The van der Waals surface area contributed by atoms with Gasteiger partial charge in [0.1, 0.15) is 0 Å². The summed E-state index contributed by atoms with van der Waals surface area (Å²) in [5, 5.41) is 14.9. The Bertz CT molecular complexity index is 864. The number of aliphatic carboxylic acids is 1. The van der Waals surface area contributed by atoms with Gasteiger partial charge in [-0.1, -0.05) is 6.42 Å². The molecule has 1 amide bonds. The Kier molecular flexibility index (Phi) is 4.15. The van der Waals surface area contributed by atoms with Gasteiger partial charge in [0, 0.05) is 18.7 Å². The maximum absolute atomic E-state index is 12.9. The second kappa shape index (κ2) is 5.81. The van der Waals surface area contributed by atoms with Gasteiger partial charge in [-0.3, -0.25) is 9.59 Å². The van der Waals surface area contributed by atoms with Gasteiger partial charge in [-0.25, -0.2) is 13.6 Å². The van der Waals surface area contributed by atoms with Crippen molar-refractivity contribution in [1.82, 2.24) is 4.90 Å². The number of hydrogen-bond acceptors (Lipinski definition) is 4. The Morgan fingerprint density at radius 1 is 1.32 bits per heavy atom. The molecule has 3 rings (SSSR count). The second-order valence-corrected chi connectivity index (χ2v) is 8.73. The van der Waals surface area contributed by atoms with E-state index in [1.165, 1.54) is 11.0 Å². The number of fused-ring (bicyclic) bond motifs is 1. The second-order valence-electron chi connectivity index (χ2n) is 7.20. The third-order valence-corrected chi connectivity index (χ3v) is 6.79. The molecule has 3 N–H and O–H groups in total. The summed E-state index contributed by atoms with van der Waals surface area (Å²) in [4.78, 5) is 26.1. The molecule has 0 radical (unpaired) electrons. The van der Waals surface area contributed by atoms with Gasteiger partial charge < -0.3 is 10.0 Å². The van der Waals surface area contributed by atoms with Crippen LogP contribution in [0.15, 0.2) is 17.0 Å².